The van der Waals surface area contributed by atoms with Gasteiger partial charge in [-0.15, -0.1) is 11.3 Å². The van der Waals surface area contributed by atoms with Gasteiger partial charge >= 0.3 is 0 Å². The summed E-state index contributed by atoms with van der Waals surface area (Å²) in [4.78, 5) is 16.4. The van der Waals surface area contributed by atoms with Gasteiger partial charge in [0.2, 0.25) is 0 Å². The maximum atomic E-state index is 12.0. The van der Waals surface area contributed by atoms with Gasteiger partial charge in [-0.25, -0.2) is 4.98 Å². The number of nitrogens with one attached hydrogen (secondary N) is 1. The van der Waals surface area contributed by atoms with Crippen LogP contribution in [0.5, 0.6) is 11.5 Å². The van der Waals surface area contributed by atoms with E-state index in [4.69, 9.17) is 21.1 Å². The SMILES string of the molecule is COc1ccc(-c2csc(NC(=O)COc3ccc(Cl)cc3)n2)cc1. The molecule has 0 saturated carbocycles. The molecule has 0 saturated heterocycles. The summed E-state index contributed by atoms with van der Waals surface area (Å²) in [7, 11) is 1.62. The molecule has 3 rings (SSSR count). The minimum Gasteiger partial charge on any atom is -0.497 e. The predicted molar refractivity (Wildman–Crippen MR) is 99.7 cm³/mol. The molecule has 0 radical (unpaired) electrons. The number of amides is 1. The maximum absolute atomic E-state index is 12.0. The number of aromatic nitrogens is 1. The monoisotopic (exact) mass is 374 g/mol. The Morgan fingerprint density at radius 2 is 1.80 bits per heavy atom. The van der Waals surface area contributed by atoms with Crippen molar-refractivity contribution in [2.24, 2.45) is 0 Å². The van der Waals surface area contributed by atoms with Crippen LogP contribution in [-0.2, 0) is 4.79 Å². The van der Waals surface area contributed by atoms with Crippen LogP contribution in [0.1, 0.15) is 0 Å². The third kappa shape index (κ3) is 4.71. The molecule has 5 nitrogen and oxygen atoms in total. The van der Waals surface area contributed by atoms with Gasteiger partial charge in [-0.3, -0.25) is 10.1 Å². The number of carbonyl (C=O) groups excluding carboxylic acids is 1. The number of carbonyl (C=O) groups is 1. The van der Waals surface area contributed by atoms with Crippen molar-refractivity contribution < 1.29 is 14.3 Å². The first-order valence-electron chi connectivity index (χ1n) is 7.42. The Kier molecular flexibility index (Phi) is 5.53. The highest BCUT2D eigenvalue weighted by Crippen LogP contribution is 2.26. The van der Waals surface area contributed by atoms with Crippen LogP contribution in [-0.4, -0.2) is 24.6 Å². The maximum Gasteiger partial charge on any atom is 0.264 e. The van der Waals surface area contributed by atoms with E-state index >= 15 is 0 Å². The highest BCUT2D eigenvalue weighted by atomic mass is 35.5. The highest BCUT2D eigenvalue weighted by molar-refractivity contribution is 7.14. The molecule has 0 aliphatic heterocycles. The molecule has 0 atom stereocenters. The molecule has 3 aromatic rings. The lowest BCUT2D eigenvalue weighted by Gasteiger charge is -2.05. The summed E-state index contributed by atoms with van der Waals surface area (Å²) in [5.41, 5.74) is 1.75. The normalized spacial score (nSPS) is 10.3. The molecule has 1 heterocycles. The van der Waals surface area contributed by atoms with Gasteiger partial charge in [0.25, 0.3) is 5.91 Å². The smallest absolute Gasteiger partial charge is 0.264 e. The number of benzene rings is 2. The van der Waals surface area contributed by atoms with Crippen molar-refractivity contribution in [3.05, 3.63) is 58.9 Å². The van der Waals surface area contributed by atoms with Gasteiger partial charge in [-0.2, -0.15) is 0 Å². The fourth-order valence-electron chi connectivity index (χ4n) is 2.06. The number of rotatable bonds is 6. The lowest BCUT2D eigenvalue weighted by Crippen LogP contribution is -2.20. The Labute approximate surface area is 154 Å². The number of nitrogens with zero attached hydrogens (tertiary/aromatic N) is 1. The van der Waals surface area contributed by atoms with E-state index < -0.39 is 0 Å². The molecule has 0 spiro atoms. The van der Waals surface area contributed by atoms with Gasteiger partial charge in [0.15, 0.2) is 11.7 Å². The van der Waals surface area contributed by atoms with Crippen LogP contribution in [0.4, 0.5) is 5.13 Å². The Bertz CT molecular complexity index is 848. The molecule has 128 valence electrons. The molecular formula is C18H15ClN2O3S. The molecule has 0 aliphatic rings. The van der Waals surface area contributed by atoms with Gasteiger partial charge in [0, 0.05) is 16.0 Å². The number of hydrogen-bond donors (Lipinski definition) is 1. The lowest BCUT2D eigenvalue weighted by molar-refractivity contribution is -0.118. The topological polar surface area (TPSA) is 60.5 Å². The Hall–Kier alpha value is -2.57. The van der Waals surface area contributed by atoms with Crippen molar-refractivity contribution in [1.29, 1.82) is 0 Å². The Morgan fingerprint density at radius 3 is 2.48 bits per heavy atom. The van der Waals surface area contributed by atoms with Crippen molar-refractivity contribution in [2.45, 2.75) is 0 Å². The number of anilines is 1. The third-order valence-corrected chi connectivity index (χ3v) is 4.33. The van der Waals surface area contributed by atoms with Crippen molar-refractivity contribution >= 4 is 34.0 Å². The van der Waals surface area contributed by atoms with E-state index in [0.29, 0.717) is 15.9 Å². The van der Waals surface area contributed by atoms with Crippen molar-refractivity contribution in [1.82, 2.24) is 4.98 Å². The quantitative estimate of drug-likeness (QED) is 0.690. The largest absolute Gasteiger partial charge is 0.497 e. The van der Waals surface area contributed by atoms with Crippen molar-refractivity contribution in [3.8, 4) is 22.8 Å². The van der Waals surface area contributed by atoms with Crippen LogP contribution in [0.2, 0.25) is 5.02 Å². The van der Waals surface area contributed by atoms with Crippen LogP contribution < -0.4 is 14.8 Å². The van der Waals surface area contributed by atoms with Crippen LogP contribution in [0.3, 0.4) is 0 Å². The number of thiazole rings is 1. The molecule has 7 heteroatoms. The third-order valence-electron chi connectivity index (χ3n) is 3.32. The second-order valence-electron chi connectivity index (χ2n) is 5.06. The fourth-order valence-corrected chi connectivity index (χ4v) is 2.92. The molecule has 1 aromatic heterocycles. The summed E-state index contributed by atoms with van der Waals surface area (Å²) in [6.45, 7) is -0.0981. The first kappa shape index (κ1) is 17.3. The molecule has 1 amide bonds. The van der Waals surface area contributed by atoms with Crippen LogP contribution >= 0.6 is 22.9 Å². The van der Waals surface area contributed by atoms with Gasteiger partial charge in [0.1, 0.15) is 11.5 Å². The summed E-state index contributed by atoms with van der Waals surface area (Å²) in [6, 6.07) is 14.4. The van der Waals surface area contributed by atoms with E-state index in [-0.39, 0.29) is 12.5 Å². The average Bonchev–Trinajstić information content (AvgIpc) is 3.10. The molecule has 0 fully saturated rings. The highest BCUT2D eigenvalue weighted by Gasteiger charge is 2.09. The van der Waals surface area contributed by atoms with E-state index in [9.17, 15) is 4.79 Å². The number of hydrogen-bond acceptors (Lipinski definition) is 5. The second-order valence-corrected chi connectivity index (χ2v) is 6.35. The van der Waals surface area contributed by atoms with Crippen LogP contribution in [0.25, 0.3) is 11.3 Å². The first-order valence-corrected chi connectivity index (χ1v) is 8.68. The minimum atomic E-state index is -0.273. The zero-order valence-electron chi connectivity index (χ0n) is 13.4. The molecular weight excluding hydrogens is 360 g/mol. The van der Waals surface area contributed by atoms with Gasteiger partial charge in [-0.1, -0.05) is 11.6 Å². The molecule has 0 unspecified atom stereocenters. The molecule has 0 aliphatic carbocycles. The zero-order valence-corrected chi connectivity index (χ0v) is 14.9. The fraction of sp³-hybridized carbons (Fsp3) is 0.111. The molecule has 1 N–H and O–H groups in total. The average molecular weight is 375 g/mol. The van der Waals surface area contributed by atoms with E-state index in [1.807, 2.05) is 29.6 Å². The summed E-state index contributed by atoms with van der Waals surface area (Å²) >= 11 is 7.16. The number of halogens is 1. The van der Waals surface area contributed by atoms with Crippen molar-refractivity contribution in [2.75, 3.05) is 19.0 Å². The summed E-state index contributed by atoms with van der Waals surface area (Å²) in [5.74, 6) is 1.09. The lowest BCUT2D eigenvalue weighted by atomic mass is 10.2. The molecule has 2 aromatic carbocycles. The summed E-state index contributed by atoms with van der Waals surface area (Å²) < 4.78 is 10.5. The summed E-state index contributed by atoms with van der Waals surface area (Å²) in [5, 5.41) is 5.76. The Morgan fingerprint density at radius 1 is 1.12 bits per heavy atom. The standard InChI is InChI=1S/C18H15ClN2O3S/c1-23-14-6-2-12(3-7-14)16-11-25-18(20-16)21-17(22)10-24-15-8-4-13(19)5-9-15/h2-9,11H,10H2,1H3,(H,20,21,22). The first-order chi connectivity index (χ1) is 12.1. The van der Waals surface area contributed by atoms with Crippen LogP contribution in [0.15, 0.2) is 53.9 Å². The minimum absolute atomic E-state index is 0.0981. The van der Waals surface area contributed by atoms with Gasteiger partial charge in [-0.05, 0) is 48.5 Å². The number of methoxy groups -OCH3 is 1. The second kappa shape index (κ2) is 8.00. The predicted octanol–water partition coefficient (Wildman–Crippen LogP) is 4.49. The van der Waals surface area contributed by atoms with E-state index in [2.05, 4.69) is 10.3 Å². The van der Waals surface area contributed by atoms with Gasteiger partial charge < -0.3 is 9.47 Å². The van der Waals surface area contributed by atoms with E-state index in [1.165, 1.54) is 11.3 Å². The Balaban J connectivity index is 1.56. The van der Waals surface area contributed by atoms with Crippen LogP contribution in [0, 0.1) is 0 Å². The van der Waals surface area contributed by atoms with Crippen molar-refractivity contribution in [3.63, 3.8) is 0 Å². The number of ether oxygens (including phenoxy) is 2. The van der Waals surface area contributed by atoms with E-state index in [0.717, 1.165) is 17.0 Å². The summed E-state index contributed by atoms with van der Waals surface area (Å²) in [6.07, 6.45) is 0. The molecule has 0 bridgehead atoms. The zero-order chi connectivity index (χ0) is 17.6. The van der Waals surface area contributed by atoms with E-state index in [1.54, 1.807) is 31.4 Å². The molecule has 25 heavy (non-hydrogen) atoms. The van der Waals surface area contributed by atoms with Gasteiger partial charge in [0.05, 0.1) is 12.8 Å².